The van der Waals surface area contributed by atoms with Gasteiger partial charge >= 0.3 is 0 Å². The molecule has 0 radical (unpaired) electrons. The molecule has 1 aliphatic rings. The van der Waals surface area contributed by atoms with Crippen molar-refractivity contribution in [2.45, 2.75) is 19.8 Å². The first-order valence-corrected chi connectivity index (χ1v) is 6.36. The Labute approximate surface area is 103 Å². The van der Waals surface area contributed by atoms with Crippen molar-refractivity contribution in [1.29, 1.82) is 0 Å². The lowest BCUT2D eigenvalue weighted by atomic mass is 10.1. The molecule has 0 bridgehead atoms. The minimum absolute atomic E-state index is 0.253. The molecule has 94 valence electrons. The highest BCUT2D eigenvalue weighted by Crippen LogP contribution is 2.25. The molecule has 0 saturated heterocycles. The molecule has 1 aliphatic heterocycles. The van der Waals surface area contributed by atoms with Gasteiger partial charge in [-0.05, 0) is 42.6 Å². The van der Waals surface area contributed by atoms with Crippen molar-refractivity contribution < 1.29 is 9.84 Å². The van der Waals surface area contributed by atoms with E-state index < -0.39 is 0 Å². The van der Waals surface area contributed by atoms with Crippen molar-refractivity contribution in [2.24, 2.45) is 5.92 Å². The van der Waals surface area contributed by atoms with Crippen LogP contribution in [0.5, 0.6) is 5.75 Å². The Hall–Kier alpha value is -1.06. The van der Waals surface area contributed by atoms with Crippen LogP contribution in [0.3, 0.4) is 0 Å². The number of aliphatic hydroxyl groups is 1. The highest BCUT2D eigenvalue weighted by atomic mass is 16.5. The van der Waals surface area contributed by atoms with E-state index in [0.29, 0.717) is 5.92 Å². The van der Waals surface area contributed by atoms with Gasteiger partial charge in [0.2, 0.25) is 0 Å². The molecule has 1 unspecified atom stereocenters. The molecule has 1 heterocycles. The van der Waals surface area contributed by atoms with Crippen molar-refractivity contribution >= 4 is 0 Å². The Bertz CT molecular complexity index is 365. The van der Waals surface area contributed by atoms with Crippen LogP contribution in [0.1, 0.15) is 18.1 Å². The summed E-state index contributed by atoms with van der Waals surface area (Å²) < 4.78 is 5.48. The van der Waals surface area contributed by atoms with Crippen LogP contribution in [0, 0.1) is 5.92 Å². The molecule has 1 atom stereocenters. The average Bonchev–Trinajstić information content (AvgIpc) is 2.81. The number of nitrogens with one attached hydrogen (secondary N) is 1. The number of hydrogen-bond donors (Lipinski definition) is 2. The van der Waals surface area contributed by atoms with Crippen LogP contribution in [-0.2, 0) is 12.8 Å². The molecule has 17 heavy (non-hydrogen) atoms. The summed E-state index contributed by atoms with van der Waals surface area (Å²) in [5, 5.41) is 12.3. The number of fused-ring (bicyclic) bond motifs is 1. The first kappa shape index (κ1) is 12.4. The van der Waals surface area contributed by atoms with E-state index >= 15 is 0 Å². The molecule has 0 amide bonds. The number of rotatable bonds is 6. The minimum Gasteiger partial charge on any atom is -0.493 e. The van der Waals surface area contributed by atoms with E-state index in [0.717, 1.165) is 38.3 Å². The SMILES string of the molecule is CC(CO)CNCCc1ccc2c(c1)CCO2. The number of ether oxygens (including phenoxy) is 1. The zero-order valence-corrected chi connectivity index (χ0v) is 10.4. The van der Waals surface area contributed by atoms with Gasteiger partial charge in [-0.2, -0.15) is 0 Å². The standard InChI is InChI=1S/C14H21NO2/c1-11(10-16)9-15-6-4-12-2-3-14-13(8-12)5-7-17-14/h2-3,8,11,15-16H,4-7,9-10H2,1H3. The van der Waals surface area contributed by atoms with Crippen LogP contribution in [0.25, 0.3) is 0 Å². The fourth-order valence-corrected chi connectivity index (χ4v) is 2.04. The second kappa shape index (κ2) is 6.03. The first-order valence-electron chi connectivity index (χ1n) is 6.36. The summed E-state index contributed by atoms with van der Waals surface area (Å²) in [6.07, 6.45) is 2.07. The third-order valence-electron chi connectivity index (χ3n) is 3.15. The van der Waals surface area contributed by atoms with Gasteiger partial charge in [-0.1, -0.05) is 19.1 Å². The van der Waals surface area contributed by atoms with E-state index in [4.69, 9.17) is 9.84 Å². The summed E-state index contributed by atoms with van der Waals surface area (Å²) in [5.41, 5.74) is 2.70. The third kappa shape index (κ3) is 3.45. The van der Waals surface area contributed by atoms with E-state index in [1.54, 1.807) is 0 Å². The van der Waals surface area contributed by atoms with Gasteiger partial charge in [0, 0.05) is 13.0 Å². The third-order valence-corrected chi connectivity index (χ3v) is 3.15. The van der Waals surface area contributed by atoms with Crippen LogP contribution >= 0.6 is 0 Å². The van der Waals surface area contributed by atoms with Crippen molar-refractivity contribution in [1.82, 2.24) is 5.32 Å². The van der Waals surface area contributed by atoms with Crippen molar-refractivity contribution in [2.75, 3.05) is 26.3 Å². The molecule has 0 fully saturated rings. The van der Waals surface area contributed by atoms with Gasteiger partial charge in [-0.3, -0.25) is 0 Å². The lowest BCUT2D eigenvalue weighted by Crippen LogP contribution is -2.25. The van der Waals surface area contributed by atoms with E-state index in [-0.39, 0.29) is 6.61 Å². The van der Waals surface area contributed by atoms with Crippen LogP contribution in [-0.4, -0.2) is 31.4 Å². The molecule has 0 spiro atoms. The fraction of sp³-hybridized carbons (Fsp3) is 0.571. The summed E-state index contributed by atoms with van der Waals surface area (Å²) in [5.74, 6) is 1.39. The van der Waals surface area contributed by atoms with Crippen molar-refractivity contribution in [3.05, 3.63) is 29.3 Å². The Balaban J connectivity index is 1.76. The molecule has 1 aromatic rings. The van der Waals surface area contributed by atoms with Gasteiger partial charge < -0.3 is 15.2 Å². The zero-order valence-electron chi connectivity index (χ0n) is 10.4. The van der Waals surface area contributed by atoms with E-state index in [1.807, 2.05) is 6.92 Å². The molecule has 0 saturated carbocycles. The second-order valence-corrected chi connectivity index (χ2v) is 4.78. The smallest absolute Gasteiger partial charge is 0.122 e. The summed E-state index contributed by atoms with van der Waals surface area (Å²) in [6, 6.07) is 6.47. The highest BCUT2D eigenvalue weighted by molar-refractivity contribution is 5.39. The van der Waals surface area contributed by atoms with Gasteiger partial charge in [-0.25, -0.2) is 0 Å². The van der Waals surface area contributed by atoms with Crippen molar-refractivity contribution in [3.63, 3.8) is 0 Å². The molecule has 0 aromatic heterocycles. The predicted octanol–water partition coefficient (Wildman–Crippen LogP) is 1.38. The molecule has 2 rings (SSSR count). The Morgan fingerprint density at radius 1 is 1.47 bits per heavy atom. The van der Waals surface area contributed by atoms with Gasteiger partial charge in [-0.15, -0.1) is 0 Å². The highest BCUT2D eigenvalue weighted by Gasteiger charge is 2.11. The quantitative estimate of drug-likeness (QED) is 0.732. The average molecular weight is 235 g/mol. The monoisotopic (exact) mass is 235 g/mol. The number of benzene rings is 1. The van der Waals surface area contributed by atoms with Crippen LogP contribution in [0.15, 0.2) is 18.2 Å². The Morgan fingerprint density at radius 2 is 2.35 bits per heavy atom. The lowest BCUT2D eigenvalue weighted by molar-refractivity contribution is 0.234. The van der Waals surface area contributed by atoms with E-state index in [2.05, 4.69) is 23.5 Å². The number of hydrogen-bond acceptors (Lipinski definition) is 3. The summed E-state index contributed by atoms with van der Waals surface area (Å²) in [4.78, 5) is 0. The maximum Gasteiger partial charge on any atom is 0.122 e. The second-order valence-electron chi connectivity index (χ2n) is 4.78. The zero-order chi connectivity index (χ0) is 12.1. The molecule has 3 nitrogen and oxygen atoms in total. The molecular weight excluding hydrogens is 214 g/mol. The molecule has 0 aliphatic carbocycles. The van der Waals surface area contributed by atoms with E-state index in [1.165, 1.54) is 11.1 Å². The minimum atomic E-state index is 0.253. The first-order chi connectivity index (χ1) is 8.29. The van der Waals surface area contributed by atoms with Crippen LogP contribution < -0.4 is 10.1 Å². The van der Waals surface area contributed by atoms with Gasteiger partial charge in [0.15, 0.2) is 0 Å². The van der Waals surface area contributed by atoms with Gasteiger partial charge in [0.05, 0.1) is 6.61 Å². The Kier molecular flexibility index (Phi) is 4.40. The molecule has 1 aromatic carbocycles. The summed E-state index contributed by atoms with van der Waals surface area (Å²) in [7, 11) is 0. The molecular formula is C14H21NO2. The van der Waals surface area contributed by atoms with Gasteiger partial charge in [0.1, 0.15) is 5.75 Å². The van der Waals surface area contributed by atoms with Gasteiger partial charge in [0.25, 0.3) is 0 Å². The predicted molar refractivity (Wildman–Crippen MR) is 68.5 cm³/mol. The summed E-state index contributed by atoms with van der Waals surface area (Å²) >= 11 is 0. The summed E-state index contributed by atoms with van der Waals surface area (Å²) in [6.45, 7) is 4.96. The number of aliphatic hydroxyl groups excluding tert-OH is 1. The normalized spacial score (nSPS) is 15.4. The molecule has 3 heteroatoms. The van der Waals surface area contributed by atoms with Crippen LogP contribution in [0.4, 0.5) is 0 Å². The Morgan fingerprint density at radius 3 is 3.18 bits per heavy atom. The topological polar surface area (TPSA) is 41.5 Å². The van der Waals surface area contributed by atoms with Crippen LogP contribution in [0.2, 0.25) is 0 Å². The fourth-order valence-electron chi connectivity index (χ4n) is 2.04. The maximum absolute atomic E-state index is 8.90. The maximum atomic E-state index is 8.90. The lowest BCUT2D eigenvalue weighted by Gasteiger charge is -2.09. The molecule has 2 N–H and O–H groups in total. The van der Waals surface area contributed by atoms with E-state index in [9.17, 15) is 0 Å². The largest absolute Gasteiger partial charge is 0.493 e. The van der Waals surface area contributed by atoms with Crippen molar-refractivity contribution in [3.8, 4) is 5.75 Å².